The molecule has 0 radical (unpaired) electrons. The number of carbonyl (C=O) groups excluding carboxylic acids is 1. The summed E-state index contributed by atoms with van der Waals surface area (Å²) < 4.78 is 0. The highest BCUT2D eigenvalue weighted by Gasteiger charge is 2.32. The molecule has 0 fully saturated rings. The largest absolute Gasteiger partial charge is 0.302 e. The third-order valence-corrected chi connectivity index (χ3v) is 4.38. The first-order valence-electron chi connectivity index (χ1n) is 7.20. The highest BCUT2D eigenvalue weighted by Crippen LogP contribution is 2.29. The summed E-state index contributed by atoms with van der Waals surface area (Å²) in [6, 6.07) is 12.7. The van der Waals surface area contributed by atoms with Crippen LogP contribution in [0.1, 0.15) is 11.1 Å². The van der Waals surface area contributed by atoms with E-state index in [-0.39, 0.29) is 5.91 Å². The predicted molar refractivity (Wildman–Crippen MR) is 99.6 cm³/mol. The fraction of sp³-hybridized carbons (Fsp3) is 0.0556. The van der Waals surface area contributed by atoms with E-state index in [0.29, 0.717) is 27.9 Å². The van der Waals surface area contributed by atoms with Gasteiger partial charge in [-0.1, -0.05) is 59.6 Å². The number of para-hydroxylation sites is 1. The van der Waals surface area contributed by atoms with E-state index in [1.54, 1.807) is 29.2 Å². The predicted octanol–water partition coefficient (Wildman–Crippen LogP) is 4.35. The van der Waals surface area contributed by atoms with Crippen molar-refractivity contribution in [2.75, 3.05) is 11.4 Å². The number of nitrogens with zero attached hydrogens (tertiary/aromatic N) is 3. The lowest BCUT2D eigenvalue weighted by atomic mass is 10.1. The Bertz CT molecular complexity index is 874. The molecule has 0 bridgehead atoms. The lowest BCUT2D eigenvalue weighted by molar-refractivity contribution is -0.112. The first-order chi connectivity index (χ1) is 11.6. The second-order valence-electron chi connectivity index (χ2n) is 5.06. The van der Waals surface area contributed by atoms with Crippen molar-refractivity contribution in [1.29, 1.82) is 0 Å². The second-order valence-corrected chi connectivity index (χ2v) is 5.84. The van der Waals surface area contributed by atoms with Crippen LogP contribution in [-0.4, -0.2) is 24.4 Å². The summed E-state index contributed by atoms with van der Waals surface area (Å²) in [5.41, 5.74) is 2.48. The molecule has 1 heterocycles. The van der Waals surface area contributed by atoms with Gasteiger partial charge in [0.25, 0.3) is 5.91 Å². The average Bonchev–Trinajstić information content (AvgIpc) is 2.85. The zero-order valence-corrected chi connectivity index (χ0v) is 14.1. The Morgan fingerprint density at radius 3 is 2.71 bits per heavy atom. The van der Waals surface area contributed by atoms with Crippen LogP contribution in [-0.2, 0) is 4.79 Å². The molecule has 0 saturated heterocycles. The number of fused-ring (bicyclic) bond motifs is 1. The molecule has 2 aromatic rings. The number of benzene rings is 2. The van der Waals surface area contributed by atoms with Gasteiger partial charge < -0.3 is 4.90 Å². The first-order valence-corrected chi connectivity index (χ1v) is 7.96. The second kappa shape index (κ2) is 6.99. The van der Waals surface area contributed by atoms with Gasteiger partial charge in [0, 0.05) is 17.7 Å². The Morgan fingerprint density at radius 2 is 1.92 bits per heavy atom. The van der Waals surface area contributed by atoms with Gasteiger partial charge >= 0.3 is 0 Å². The number of carbonyl (C=O) groups is 1. The Balaban J connectivity index is 1.95. The van der Waals surface area contributed by atoms with Crippen LogP contribution in [0.15, 0.2) is 65.3 Å². The molecule has 1 aliphatic heterocycles. The summed E-state index contributed by atoms with van der Waals surface area (Å²) in [4.78, 5) is 14.2. The Kier molecular flexibility index (Phi) is 4.79. The van der Waals surface area contributed by atoms with Gasteiger partial charge in [0.1, 0.15) is 0 Å². The van der Waals surface area contributed by atoms with E-state index >= 15 is 0 Å². The molecule has 2 aromatic carbocycles. The third kappa shape index (κ3) is 2.98. The minimum absolute atomic E-state index is 0.203. The van der Waals surface area contributed by atoms with Crippen molar-refractivity contribution in [3.05, 3.63) is 76.3 Å². The monoisotopic (exact) mass is 357 g/mol. The minimum Gasteiger partial charge on any atom is -0.302 e. The van der Waals surface area contributed by atoms with Crippen LogP contribution < -0.4 is 4.90 Å². The van der Waals surface area contributed by atoms with Gasteiger partial charge in [-0.3, -0.25) is 4.79 Å². The van der Waals surface area contributed by atoms with Crippen molar-refractivity contribution in [1.82, 2.24) is 0 Å². The van der Waals surface area contributed by atoms with Crippen molar-refractivity contribution < 1.29 is 4.79 Å². The topological polar surface area (TPSA) is 45.0 Å². The lowest BCUT2D eigenvalue weighted by Crippen LogP contribution is -2.30. The molecule has 1 amide bonds. The van der Waals surface area contributed by atoms with Gasteiger partial charge in [0.2, 0.25) is 0 Å². The maximum atomic E-state index is 12.5. The number of anilines is 1. The lowest BCUT2D eigenvalue weighted by Gasteiger charge is -2.13. The standard InChI is InChI=1S/C18H13Cl2N3O/c1-2-10-23-15-9-4-3-7-13(15)17(18(23)24)22-21-11-12-6-5-8-14(19)16(12)20/h2-9,11H,1,10H2/b21-11-,22-17-. The molecule has 0 N–H and O–H groups in total. The van der Waals surface area contributed by atoms with Crippen LogP contribution in [0.3, 0.4) is 0 Å². The molecule has 0 aromatic heterocycles. The van der Waals surface area contributed by atoms with Gasteiger partial charge in [0.15, 0.2) is 5.71 Å². The summed E-state index contributed by atoms with van der Waals surface area (Å²) in [5, 5.41) is 8.95. The molecule has 4 nitrogen and oxygen atoms in total. The van der Waals surface area contributed by atoms with Gasteiger partial charge in [-0.2, -0.15) is 5.10 Å². The Morgan fingerprint density at radius 1 is 1.12 bits per heavy atom. The van der Waals surface area contributed by atoms with Crippen LogP contribution in [0.25, 0.3) is 0 Å². The van der Waals surface area contributed by atoms with Gasteiger partial charge in [-0.15, -0.1) is 11.7 Å². The molecule has 0 saturated carbocycles. The van der Waals surface area contributed by atoms with E-state index < -0.39 is 0 Å². The summed E-state index contributed by atoms with van der Waals surface area (Å²) in [6.45, 7) is 4.10. The first kappa shape index (κ1) is 16.4. The molecule has 0 unspecified atom stereocenters. The van der Waals surface area contributed by atoms with Crippen LogP contribution in [0.2, 0.25) is 10.0 Å². The molecular weight excluding hydrogens is 345 g/mol. The Labute approximate surface area is 149 Å². The molecule has 3 rings (SSSR count). The van der Waals surface area contributed by atoms with Crippen molar-refractivity contribution in [3.8, 4) is 0 Å². The number of halogens is 2. The van der Waals surface area contributed by atoms with Crippen molar-refractivity contribution >= 4 is 46.7 Å². The van der Waals surface area contributed by atoms with Crippen LogP contribution in [0.4, 0.5) is 5.69 Å². The van der Waals surface area contributed by atoms with Crippen LogP contribution in [0, 0.1) is 0 Å². The number of hydrogen-bond acceptors (Lipinski definition) is 3. The fourth-order valence-electron chi connectivity index (χ4n) is 2.44. The molecular formula is C18H13Cl2N3O. The van der Waals surface area contributed by atoms with E-state index in [4.69, 9.17) is 23.2 Å². The molecule has 24 heavy (non-hydrogen) atoms. The quantitative estimate of drug-likeness (QED) is 0.455. The van der Waals surface area contributed by atoms with Crippen molar-refractivity contribution in [3.63, 3.8) is 0 Å². The van der Waals surface area contributed by atoms with Gasteiger partial charge in [-0.25, -0.2) is 0 Å². The number of rotatable bonds is 4. The van der Waals surface area contributed by atoms with E-state index in [1.807, 2.05) is 24.3 Å². The van der Waals surface area contributed by atoms with Gasteiger partial charge in [0.05, 0.1) is 21.9 Å². The maximum absolute atomic E-state index is 12.5. The third-order valence-electron chi connectivity index (χ3n) is 3.55. The van der Waals surface area contributed by atoms with E-state index in [2.05, 4.69) is 16.8 Å². The van der Waals surface area contributed by atoms with Crippen molar-refractivity contribution in [2.24, 2.45) is 10.2 Å². The maximum Gasteiger partial charge on any atom is 0.279 e. The van der Waals surface area contributed by atoms with E-state index in [1.165, 1.54) is 6.21 Å². The zero-order chi connectivity index (χ0) is 17.1. The normalized spacial score (nSPS) is 15.3. The summed E-state index contributed by atoms with van der Waals surface area (Å²) in [5.74, 6) is -0.203. The summed E-state index contributed by atoms with van der Waals surface area (Å²) >= 11 is 12.1. The molecule has 1 aliphatic rings. The number of hydrogen-bond donors (Lipinski definition) is 0. The summed E-state index contributed by atoms with van der Waals surface area (Å²) in [6.07, 6.45) is 3.15. The Hall–Kier alpha value is -2.43. The van der Waals surface area contributed by atoms with E-state index in [0.717, 1.165) is 11.3 Å². The van der Waals surface area contributed by atoms with E-state index in [9.17, 15) is 4.79 Å². The molecule has 0 spiro atoms. The molecule has 120 valence electrons. The number of amides is 1. The molecule has 6 heteroatoms. The van der Waals surface area contributed by atoms with Crippen molar-refractivity contribution in [2.45, 2.75) is 0 Å². The zero-order valence-electron chi connectivity index (χ0n) is 12.6. The fourth-order valence-corrected chi connectivity index (χ4v) is 2.79. The SMILES string of the molecule is C=CCN1C(=O)/C(=N\N=C/c2cccc(Cl)c2Cl)c2ccccc21. The molecule has 0 atom stereocenters. The summed E-state index contributed by atoms with van der Waals surface area (Å²) in [7, 11) is 0. The van der Waals surface area contributed by atoms with Crippen LogP contribution >= 0.6 is 23.2 Å². The highest BCUT2D eigenvalue weighted by atomic mass is 35.5. The average molecular weight is 358 g/mol. The minimum atomic E-state index is -0.203. The highest BCUT2D eigenvalue weighted by molar-refractivity contribution is 6.54. The van der Waals surface area contributed by atoms with Crippen LogP contribution in [0.5, 0.6) is 0 Å². The van der Waals surface area contributed by atoms with Gasteiger partial charge in [-0.05, 0) is 12.1 Å². The molecule has 0 aliphatic carbocycles. The smallest absolute Gasteiger partial charge is 0.279 e.